The van der Waals surface area contributed by atoms with Crippen molar-refractivity contribution in [2.45, 2.75) is 5.75 Å². The van der Waals surface area contributed by atoms with Crippen molar-refractivity contribution in [2.24, 2.45) is 0 Å². The number of hydrogen-bond acceptors (Lipinski definition) is 5. The number of carbonyl (C=O) groups excluding carboxylic acids is 1. The molecule has 16 heavy (non-hydrogen) atoms. The number of carbonyl (C=O) groups is 1. The third kappa shape index (κ3) is 3.66. The Hall–Kier alpha value is -1.36. The third-order valence-corrected chi connectivity index (χ3v) is 2.96. The van der Waals surface area contributed by atoms with Crippen LogP contribution in [0.15, 0.2) is 18.2 Å². The summed E-state index contributed by atoms with van der Waals surface area (Å²) in [6.07, 6.45) is 0. The monoisotopic (exact) mass is 241 g/mol. The summed E-state index contributed by atoms with van der Waals surface area (Å²) >= 11 is 1.47. The van der Waals surface area contributed by atoms with Crippen molar-refractivity contribution in [1.82, 2.24) is 0 Å². The molecule has 5 heteroatoms. The van der Waals surface area contributed by atoms with Crippen molar-refractivity contribution in [3.05, 3.63) is 23.8 Å². The first-order valence-corrected chi connectivity index (χ1v) is 5.89. The van der Waals surface area contributed by atoms with E-state index < -0.39 is 0 Å². The highest BCUT2D eigenvalue weighted by Crippen LogP contribution is 2.25. The van der Waals surface area contributed by atoms with Gasteiger partial charge >= 0.3 is 5.97 Å². The summed E-state index contributed by atoms with van der Waals surface area (Å²) < 4.78 is 9.75. The van der Waals surface area contributed by atoms with Crippen LogP contribution < -0.4 is 10.5 Å². The number of hydrogen-bond donors (Lipinski definition) is 1. The van der Waals surface area contributed by atoms with Gasteiger partial charge in [0.05, 0.1) is 20.0 Å². The minimum absolute atomic E-state index is 0.229. The van der Waals surface area contributed by atoms with Gasteiger partial charge in [-0.25, -0.2) is 0 Å². The van der Waals surface area contributed by atoms with Gasteiger partial charge in [-0.3, -0.25) is 4.79 Å². The lowest BCUT2D eigenvalue weighted by molar-refractivity contribution is -0.137. The molecule has 2 N–H and O–H groups in total. The zero-order valence-corrected chi connectivity index (χ0v) is 10.2. The Bertz CT molecular complexity index is 368. The van der Waals surface area contributed by atoms with Gasteiger partial charge in [0.15, 0.2) is 0 Å². The van der Waals surface area contributed by atoms with Crippen molar-refractivity contribution < 1.29 is 14.3 Å². The van der Waals surface area contributed by atoms with Gasteiger partial charge in [0.1, 0.15) is 5.75 Å². The number of esters is 1. The van der Waals surface area contributed by atoms with Gasteiger partial charge in [0.25, 0.3) is 0 Å². The van der Waals surface area contributed by atoms with Gasteiger partial charge in [0.2, 0.25) is 0 Å². The van der Waals surface area contributed by atoms with Crippen LogP contribution in [-0.2, 0) is 15.3 Å². The predicted octanol–water partition coefficient (Wildman–Crippen LogP) is 1.68. The van der Waals surface area contributed by atoms with Crippen LogP contribution in [0.3, 0.4) is 0 Å². The van der Waals surface area contributed by atoms with Gasteiger partial charge in [-0.1, -0.05) is 0 Å². The molecular weight excluding hydrogens is 226 g/mol. The van der Waals surface area contributed by atoms with Crippen LogP contribution in [0.2, 0.25) is 0 Å². The molecule has 0 spiro atoms. The highest BCUT2D eigenvalue weighted by Gasteiger charge is 2.05. The largest absolute Gasteiger partial charge is 0.496 e. The molecular formula is C11H15NO3S. The molecule has 0 fully saturated rings. The van der Waals surface area contributed by atoms with E-state index in [9.17, 15) is 4.79 Å². The van der Waals surface area contributed by atoms with Gasteiger partial charge in [-0.2, -0.15) is 0 Å². The van der Waals surface area contributed by atoms with Crippen LogP contribution in [0.25, 0.3) is 0 Å². The van der Waals surface area contributed by atoms with Crippen molar-refractivity contribution >= 4 is 23.4 Å². The lowest BCUT2D eigenvalue weighted by Gasteiger charge is -2.08. The normalized spacial score (nSPS) is 9.88. The summed E-state index contributed by atoms with van der Waals surface area (Å²) in [6.45, 7) is 0. The maximum absolute atomic E-state index is 10.9. The Balaban J connectivity index is 2.58. The molecule has 0 unspecified atom stereocenters. The zero-order chi connectivity index (χ0) is 12.0. The van der Waals surface area contributed by atoms with Crippen LogP contribution in [0.5, 0.6) is 5.75 Å². The quantitative estimate of drug-likeness (QED) is 0.628. The highest BCUT2D eigenvalue weighted by atomic mass is 32.2. The molecule has 0 heterocycles. The molecule has 0 aliphatic heterocycles. The van der Waals surface area contributed by atoms with Crippen molar-refractivity contribution in [2.75, 3.05) is 25.7 Å². The van der Waals surface area contributed by atoms with Crippen LogP contribution in [0, 0.1) is 0 Å². The summed E-state index contributed by atoms with van der Waals surface area (Å²) in [7, 11) is 2.99. The molecule has 0 amide bonds. The Labute approximate surface area is 99.1 Å². The molecule has 0 saturated heterocycles. The van der Waals surface area contributed by atoms with E-state index in [1.54, 1.807) is 13.2 Å². The van der Waals surface area contributed by atoms with Gasteiger partial charge in [-0.05, 0) is 18.2 Å². The molecule has 1 aromatic rings. The van der Waals surface area contributed by atoms with Crippen molar-refractivity contribution in [3.8, 4) is 5.75 Å². The molecule has 1 aromatic carbocycles. The molecule has 1 rings (SSSR count). The summed E-state index contributed by atoms with van der Waals surface area (Å²) in [4.78, 5) is 10.9. The molecule has 88 valence electrons. The van der Waals surface area contributed by atoms with E-state index in [4.69, 9.17) is 10.5 Å². The SMILES string of the molecule is COC(=O)CSCc1cc(N)ccc1OC. The number of ether oxygens (including phenoxy) is 2. The average molecular weight is 241 g/mol. The van der Waals surface area contributed by atoms with E-state index in [1.807, 2.05) is 12.1 Å². The number of thioether (sulfide) groups is 1. The molecule has 0 aliphatic rings. The molecule has 0 bridgehead atoms. The van der Waals surface area contributed by atoms with E-state index >= 15 is 0 Å². The number of benzene rings is 1. The molecule has 0 aliphatic carbocycles. The van der Waals surface area contributed by atoms with E-state index in [0.29, 0.717) is 17.2 Å². The average Bonchev–Trinajstić information content (AvgIpc) is 2.29. The number of nitrogen functional groups attached to an aromatic ring is 1. The smallest absolute Gasteiger partial charge is 0.315 e. The molecule has 0 atom stereocenters. The van der Waals surface area contributed by atoms with E-state index in [2.05, 4.69) is 4.74 Å². The van der Waals surface area contributed by atoms with Gasteiger partial charge in [0, 0.05) is 17.0 Å². The van der Waals surface area contributed by atoms with Crippen LogP contribution in [-0.4, -0.2) is 25.9 Å². The second-order valence-electron chi connectivity index (χ2n) is 3.14. The lowest BCUT2D eigenvalue weighted by atomic mass is 10.2. The summed E-state index contributed by atoms with van der Waals surface area (Å²) in [6, 6.07) is 5.46. The lowest BCUT2D eigenvalue weighted by Crippen LogP contribution is -2.03. The van der Waals surface area contributed by atoms with E-state index in [0.717, 1.165) is 11.3 Å². The van der Waals surface area contributed by atoms with Gasteiger partial charge < -0.3 is 15.2 Å². The fraction of sp³-hybridized carbons (Fsp3) is 0.364. The first kappa shape index (κ1) is 12.7. The topological polar surface area (TPSA) is 61.5 Å². The minimum Gasteiger partial charge on any atom is -0.496 e. The number of rotatable bonds is 5. The molecule has 4 nitrogen and oxygen atoms in total. The Morgan fingerprint density at radius 2 is 2.19 bits per heavy atom. The maximum atomic E-state index is 10.9. The Morgan fingerprint density at radius 3 is 2.81 bits per heavy atom. The standard InChI is InChI=1S/C11H15NO3S/c1-14-10-4-3-9(12)5-8(10)6-16-7-11(13)15-2/h3-5H,6-7,12H2,1-2H3. The molecule has 0 saturated carbocycles. The Kier molecular flexibility index (Phi) is 4.98. The first-order chi connectivity index (χ1) is 7.67. The predicted molar refractivity (Wildman–Crippen MR) is 65.6 cm³/mol. The second-order valence-corrected chi connectivity index (χ2v) is 4.13. The summed E-state index contributed by atoms with van der Waals surface area (Å²) in [5.74, 6) is 1.55. The molecule has 0 radical (unpaired) electrons. The number of nitrogens with two attached hydrogens (primary N) is 1. The second kappa shape index (κ2) is 6.27. The fourth-order valence-electron chi connectivity index (χ4n) is 1.21. The highest BCUT2D eigenvalue weighted by molar-refractivity contribution is 7.99. The van der Waals surface area contributed by atoms with E-state index in [-0.39, 0.29) is 5.97 Å². The minimum atomic E-state index is -0.229. The zero-order valence-electron chi connectivity index (χ0n) is 9.36. The van der Waals surface area contributed by atoms with Crippen molar-refractivity contribution in [1.29, 1.82) is 0 Å². The maximum Gasteiger partial charge on any atom is 0.315 e. The van der Waals surface area contributed by atoms with E-state index in [1.165, 1.54) is 18.9 Å². The van der Waals surface area contributed by atoms with Crippen LogP contribution >= 0.6 is 11.8 Å². The van der Waals surface area contributed by atoms with Crippen LogP contribution in [0.1, 0.15) is 5.56 Å². The molecule has 0 aromatic heterocycles. The van der Waals surface area contributed by atoms with Crippen molar-refractivity contribution in [3.63, 3.8) is 0 Å². The third-order valence-electron chi connectivity index (χ3n) is 2.01. The summed E-state index contributed by atoms with van der Waals surface area (Å²) in [5, 5.41) is 0. The summed E-state index contributed by atoms with van der Waals surface area (Å²) in [5.41, 5.74) is 7.36. The fourth-order valence-corrected chi connectivity index (χ4v) is 2.05. The Morgan fingerprint density at radius 1 is 1.44 bits per heavy atom. The first-order valence-electron chi connectivity index (χ1n) is 4.74. The number of anilines is 1. The van der Waals surface area contributed by atoms with Crippen LogP contribution in [0.4, 0.5) is 5.69 Å². The van der Waals surface area contributed by atoms with Gasteiger partial charge in [-0.15, -0.1) is 11.8 Å². The number of methoxy groups -OCH3 is 2.